The second-order valence-electron chi connectivity index (χ2n) is 8.64. The van der Waals surface area contributed by atoms with Crippen LogP contribution in [0.1, 0.15) is 62.8 Å². The van der Waals surface area contributed by atoms with E-state index in [1.165, 1.54) is 13.2 Å². The predicted molar refractivity (Wildman–Crippen MR) is 138 cm³/mol. The number of sulfonamides is 1. The molecule has 9 heteroatoms. The lowest BCUT2D eigenvalue weighted by Gasteiger charge is -2.31. The molecule has 0 saturated carbocycles. The van der Waals surface area contributed by atoms with Gasteiger partial charge in [-0.2, -0.15) is 0 Å². The van der Waals surface area contributed by atoms with Gasteiger partial charge in [-0.3, -0.25) is 9.10 Å². The van der Waals surface area contributed by atoms with Crippen LogP contribution in [-0.4, -0.2) is 40.8 Å². The number of benzene rings is 2. The Balaban J connectivity index is 2.42. The molecular weight excluding hydrogens is 476 g/mol. The van der Waals surface area contributed by atoms with Gasteiger partial charge < -0.3 is 14.8 Å². The molecule has 0 aliphatic carbocycles. The zero-order valence-corrected chi connectivity index (χ0v) is 22.7. The highest BCUT2D eigenvalue weighted by Gasteiger charge is 2.33. The molecule has 0 aliphatic rings. The van der Waals surface area contributed by atoms with Gasteiger partial charge in [-0.05, 0) is 73.2 Å². The van der Waals surface area contributed by atoms with E-state index in [-0.39, 0.29) is 23.4 Å². The lowest BCUT2D eigenvalue weighted by Crippen LogP contribution is -2.49. The van der Waals surface area contributed by atoms with Crippen molar-refractivity contribution in [1.29, 1.82) is 0 Å². The molecule has 0 aromatic heterocycles. The maximum absolute atomic E-state index is 13.4. The monoisotopic (exact) mass is 510 g/mol. The normalized spacial score (nSPS) is 13.4. The molecule has 2 rings (SSSR count). The summed E-state index contributed by atoms with van der Waals surface area (Å²) in [4.78, 5) is 13.4. The maximum atomic E-state index is 13.4. The molecule has 188 valence electrons. The van der Waals surface area contributed by atoms with E-state index in [0.717, 1.165) is 33.0 Å². The number of nitrogens with one attached hydrogen (secondary N) is 1. The van der Waals surface area contributed by atoms with Gasteiger partial charge in [0.1, 0.15) is 17.5 Å². The van der Waals surface area contributed by atoms with Crippen molar-refractivity contribution in [2.75, 3.05) is 24.8 Å². The van der Waals surface area contributed by atoms with Crippen LogP contribution in [0.4, 0.5) is 5.69 Å². The van der Waals surface area contributed by atoms with E-state index < -0.39 is 22.0 Å². The summed E-state index contributed by atoms with van der Waals surface area (Å²) < 4.78 is 37.3. The van der Waals surface area contributed by atoms with Crippen molar-refractivity contribution in [2.45, 2.75) is 59.0 Å². The van der Waals surface area contributed by atoms with E-state index in [2.05, 4.69) is 19.2 Å². The zero-order valence-electron chi connectivity index (χ0n) is 21.1. The van der Waals surface area contributed by atoms with Gasteiger partial charge in [0.05, 0.1) is 37.2 Å². The molecule has 7 nitrogen and oxygen atoms in total. The quantitative estimate of drug-likeness (QED) is 0.474. The number of hydrogen-bond donors (Lipinski definition) is 1. The van der Waals surface area contributed by atoms with Crippen molar-refractivity contribution in [3.8, 4) is 11.5 Å². The fourth-order valence-corrected chi connectivity index (χ4v) is 5.51. The Bertz CT molecular complexity index is 1130. The molecule has 2 atom stereocenters. The number of nitrogens with zero attached hydrogens (tertiary/aromatic N) is 1. The molecule has 0 heterocycles. The highest BCUT2D eigenvalue weighted by Crippen LogP contribution is 2.34. The summed E-state index contributed by atoms with van der Waals surface area (Å²) in [5.41, 5.74) is 3.27. The van der Waals surface area contributed by atoms with Gasteiger partial charge in [0.15, 0.2) is 0 Å². The summed E-state index contributed by atoms with van der Waals surface area (Å²) in [6.45, 7) is 9.78. The maximum Gasteiger partial charge on any atom is 0.244 e. The average molecular weight is 511 g/mol. The van der Waals surface area contributed by atoms with E-state index >= 15 is 0 Å². The minimum atomic E-state index is -3.79. The molecule has 0 aliphatic heterocycles. The standard InChI is InChI=1S/C25H35ClN2O5S/c1-9-22(28(34(8,30)31)18-10-11-23(32-6)21(26)13-18)25(29)27-17(5)20-14-19(15(2)3)24(33-7)12-16(20)4/h10-15,17,22H,9H2,1-8H3,(H,27,29)/t17-,22+/m0/s1. The largest absolute Gasteiger partial charge is 0.496 e. The van der Waals surface area contributed by atoms with Crippen LogP contribution in [-0.2, 0) is 14.8 Å². The molecule has 34 heavy (non-hydrogen) atoms. The van der Waals surface area contributed by atoms with Crippen molar-refractivity contribution < 1.29 is 22.7 Å². The van der Waals surface area contributed by atoms with Crippen LogP contribution in [0.15, 0.2) is 30.3 Å². The first-order chi connectivity index (χ1) is 15.8. The van der Waals surface area contributed by atoms with E-state index in [4.69, 9.17) is 21.1 Å². The van der Waals surface area contributed by atoms with Crippen LogP contribution in [0.25, 0.3) is 0 Å². The zero-order chi connectivity index (χ0) is 25.8. The summed E-state index contributed by atoms with van der Waals surface area (Å²) >= 11 is 6.24. The highest BCUT2D eigenvalue weighted by molar-refractivity contribution is 7.92. The fraction of sp³-hybridized carbons (Fsp3) is 0.480. The molecule has 2 aromatic carbocycles. The van der Waals surface area contributed by atoms with Crippen molar-refractivity contribution >= 4 is 33.2 Å². The number of carbonyl (C=O) groups is 1. The third-order valence-electron chi connectivity index (χ3n) is 5.79. The van der Waals surface area contributed by atoms with E-state index in [1.54, 1.807) is 26.2 Å². The first kappa shape index (κ1) is 27.8. The van der Waals surface area contributed by atoms with Gasteiger partial charge in [0.2, 0.25) is 15.9 Å². The smallest absolute Gasteiger partial charge is 0.244 e. The fourth-order valence-electron chi connectivity index (χ4n) is 4.05. The van der Waals surface area contributed by atoms with Crippen molar-refractivity contribution in [3.05, 3.63) is 52.0 Å². The number of amides is 1. The van der Waals surface area contributed by atoms with Crippen LogP contribution in [0.2, 0.25) is 5.02 Å². The third-order valence-corrected chi connectivity index (χ3v) is 7.26. The third kappa shape index (κ3) is 6.16. The van der Waals surface area contributed by atoms with Crippen molar-refractivity contribution in [2.24, 2.45) is 0 Å². The van der Waals surface area contributed by atoms with Gasteiger partial charge in [-0.15, -0.1) is 0 Å². The van der Waals surface area contributed by atoms with E-state index in [9.17, 15) is 13.2 Å². The highest BCUT2D eigenvalue weighted by atomic mass is 35.5. The number of ether oxygens (including phenoxy) is 2. The van der Waals surface area contributed by atoms with Gasteiger partial charge >= 0.3 is 0 Å². The first-order valence-corrected chi connectivity index (χ1v) is 13.4. The molecule has 0 fully saturated rings. The minimum absolute atomic E-state index is 0.237. The summed E-state index contributed by atoms with van der Waals surface area (Å²) in [6.07, 6.45) is 1.35. The van der Waals surface area contributed by atoms with Crippen molar-refractivity contribution in [3.63, 3.8) is 0 Å². The first-order valence-electron chi connectivity index (χ1n) is 11.2. The Labute approximate surface area is 208 Å². The Morgan fingerprint density at radius 1 is 1.06 bits per heavy atom. The Morgan fingerprint density at radius 3 is 2.15 bits per heavy atom. The Kier molecular flexibility index (Phi) is 9.25. The SMILES string of the molecule is CC[C@H](C(=O)N[C@@H](C)c1cc(C(C)C)c(OC)cc1C)N(c1ccc(OC)c(Cl)c1)S(C)(=O)=O. The van der Waals surface area contributed by atoms with Gasteiger partial charge in [-0.1, -0.05) is 32.4 Å². The van der Waals surface area contributed by atoms with E-state index in [0.29, 0.717) is 11.4 Å². The van der Waals surface area contributed by atoms with Crippen molar-refractivity contribution in [1.82, 2.24) is 5.32 Å². The number of rotatable bonds is 10. The molecule has 0 radical (unpaired) electrons. The second kappa shape index (κ2) is 11.3. The van der Waals surface area contributed by atoms with Gasteiger partial charge in [0, 0.05) is 0 Å². The number of halogens is 1. The van der Waals surface area contributed by atoms with E-state index in [1.807, 2.05) is 26.0 Å². The number of methoxy groups -OCH3 is 2. The number of aryl methyl sites for hydroxylation is 1. The lowest BCUT2D eigenvalue weighted by atomic mass is 9.93. The number of anilines is 1. The number of carbonyl (C=O) groups excluding carboxylic acids is 1. The van der Waals surface area contributed by atoms with Crippen LogP contribution < -0.4 is 19.1 Å². The van der Waals surface area contributed by atoms with Gasteiger partial charge in [-0.25, -0.2) is 8.42 Å². The average Bonchev–Trinajstić information content (AvgIpc) is 2.75. The molecule has 0 spiro atoms. The topological polar surface area (TPSA) is 84.9 Å². The summed E-state index contributed by atoms with van der Waals surface area (Å²) in [7, 11) is -0.671. The van der Waals surface area contributed by atoms with Crippen LogP contribution in [0, 0.1) is 6.92 Å². The predicted octanol–water partition coefficient (Wildman–Crippen LogP) is 5.21. The summed E-state index contributed by atoms with van der Waals surface area (Å²) in [6, 6.07) is 7.36. The van der Waals surface area contributed by atoms with Crippen LogP contribution in [0.5, 0.6) is 11.5 Å². The number of hydrogen-bond acceptors (Lipinski definition) is 5. The Morgan fingerprint density at radius 2 is 1.68 bits per heavy atom. The van der Waals surface area contributed by atoms with Gasteiger partial charge in [0.25, 0.3) is 0 Å². The molecule has 1 N–H and O–H groups in total. The van der Waals surface area contributed by atoms with Crippen LogP contribution in [0.3, 0.4) is 0 Å². The molecule has 0 bridgehead atoms. The molecule has 1 amide bonds. The molecule has 2 aromatic rings. The molecular formula is C25H35ClN2O5S. The lowest BCUT2D eigenvalue weighted by molar-refractivity contribution is -0.122. The summed E-state index contributed by atoms with van der Waals surface area (Å²) in [5.74, 6) is 1.07. The molecule has 0 unspecified atom stereocenters. The summed E-state index contributed by atoms with van der Waals surface area (Å²) in [5, 5.41) is 3.26. The second-order valence-corrected chi connectivity index (χ2v) is 10.9. The van der Waals surface area contributed by atoms with Crippen LogP contribution >= 0.6 is 11.6 Å². The Hall–Kier alpha value is -2.45. The minimum Gasteiger partial charge on any atom is -0.496 e. The molecule has 0 saturated heterocycles.